The maximum absolute atomic E-state index is 5.86. The van der Waals surface area contributed by atoms with Crippen LogP contribution >= 0.6 is 12.2 Å². The van der Waals surface area contributed by atoms with Gasteiger partial charge in [-0.15, -0.1) is 0 Å². The zero-order chi connectivity index (χ0) is 24.4. The van der Waals surface area contributed by atoms with Gasteiger partial charge in [-0.2, -0.15) is 4.98 Å². The fourth-order valence-corrected chi connectivity index (χ4v) is 4.76. The molecular weight excluding hydrogens is 452 g/mol. The highest BCUT2D eigenvalue weighted by Gasteiger charge is 2.34. The van der Waals surface area contributed by atoms with Crippen molar-refractivity contribution >= 4 is 22.9 Å². The largest absolute Gasteiger partial charge is 0.351 e. The summed E-state index contributed by atoms with van der Waals surface area (Å²) in [6.07, 6.45) is 1.02. The fourth-order valence-electron chi connectivity index (χ4n) is 4.44. The Balaban J connectivity index is 1.57. The van der Waals surface area contributed by atoms with Crippen molar-refractivity contribution in [2.24, 2.45) is 0 Å². The van der Waals surface area contributed by atoms with E-state index in [2.05, 4.69) is 84.7 Å². The van der Waals surface area contributed by atoms with Gasteiger partial charge < -0.3 is 14.7 Å². The van der Waals surface area contributed by atoms with Gasteiger partial charge in [0.05, 0.1) is 11.6 Å². The summed E-state index contributed by atoms with van der Waals surface area (Å²) >= 11 is 5.84. The van der Waals surface area contributed by atoms with Gasteiger partial charge in [-0.3, -0.25) is 0 Å². The molecule has 0 fully saturated rings. The number of allylic oxidation sites excluding steroid dienone is 1. The minimum atomic E-state index is -0.187. The van der Waals surface area contributed by atoms with Crippen molar-refractivity contribution in [2.75, 3.05) is 0 Å². The summed E-state index contributed by atoms with van der Waals surface area (Å²) in [6.45, 7) is 6.96. The van der Waals surface area contributed by atoms with Gasteiger partial charge in [-0.05, 0) is 55.2 Å². The number of benzene rings is 3. The quantitative estimate of drug-likeness (QED) is 0.319. The first kappa shape index (κ1) is 23.0. The Labute approximate surface area is 211 Å². The molecular formula is C29H28N4OS. The first-order valence-electron chi connectivity index (χ1n) is 11.9. The SMILES string of the molecule is CCc1ccc(CN2C(=S)NC(c3ccccc3)C(c3nc(-c4cccc(C)c4)no3)=C2C)cc1. The van der Waals surface area contributed by atoms with E-state index in [9.17, 15) is 0 Å². The maximum Gasteiger partial charge on any atom is 0.258 e. The van der Waals surface area contributed by atoms with Gasteiger partial charge in [0.1, 0.15) is 0 Å². The molecule has 1 aromatic heterocycles. The van der Waals surface area contributed by atoms with Gasteiger partial charge in [0, 0.05) is 17.8 Å². The van der Waals surface area contributed by atoms with Crippen molar-refractivity contribution < 1.29 is 4.52 Å². The van der Waals surface area contributed by atoms with Crippen LogP contribution in [0.15, 0.2) is 89.1 Å². The molecule has 0 spiro atoms. The highest BCUT2D eigenvalue weighted by atomic mass is 32.1. The molecule has 1 atom stereocenters. The number of rotatable bonds is 6. The summed E-state index contributed by atoms with van der Waals surface area (Å²) in [5.74, 6) is 1.07. The van der Waals surface area contributed by atoms with E-state index in [0.29, 0.717) is 23.4 Å². The molecule has 0 saturated carbocycles. The highest BCUT2D eigenvalue weighted by molar-refractivity contribution is 7.80. The molecule has 2 heterocycles. The molecule has 1 N–H and O–H groups in total. The predicted octanol–water partition coefficient (Wildman–Crippen LogP) is 6.47. The number of hydrogen-bond donors (Lipinski definition) is 1. The van der Waals surface area contributed by atoms with Gasteiger partial charge in [-0.1, -0.05) is 90.4 Å². The lowest BCUT2D eigenvalue weighted by atomic mass is 9.94. The zero-order valence-electron chi connectivity index (χ0n) is 20.2. The summed E-state index contributed by atoms with van der Waals surface area (Å²) in [6, 6.07) is 26.9. The number of nitrogens with one attached hydrogen (secondary N) is 1. The molecule has 0 bridgehead atoms. The van der Waals surface area contributed by atoms with Crippen LogP contribution in [0.5, 0.6) is 0 Å². The summed E-state index contributed by atoms with van der Waals surface area (Å²) in [7, 11) is 0. The summed E-state index contributed by atoms with van der Waals surface area (Å²) in [5, 5.41) is 8.53. The molecule has 0 saturated heterocycles. The van der Waals surface area contributed by atoms with Crippen LogP contribution in [0.25, 0.3) is 17.0 Å². The van der Waals surface area contributed by atoms with E-state index in [0.717, 1.165) is 34.4 Å². The standard InChI is InChI=1S/C29H28N4OS/c1-4-21-13-15-22(16-14-21)18-33-20(3)25(26(30-29(33)35)23-10-6-5-7-11-23)28-31-27(32-34-28)24-12-8-9-19(2)17-24/h5-17,26H,4,18H2,1-3H3,(H,30,35). The van der Waals surface area contributed by atoms with Crippen LogP contribution in [0, 0.1) is 6.92 Å². The Morgan fingerprint density at radius 1 is 0.943 bits per heavy atom. The van der Waals surface area contributed by atoms with E-state index >= 15 is 0 Å². The summed E-state index contributed by atoms with van der Waals surface area (Å²) in [5.41, 5.74) is 7.61. The molecule has 4 aromatic rings. The Kier molecular flexibility index (Phi) is 6.47. The van der Waals surface area contributed by atoms with Crippen molar-refractivity contribution in [3.05, 3.63) is 113 Å². The Hall–Kier alpha value is -3.77. The van der Waals surface area contributed by atoms with Crippen LogP contribution in [0.2, 0.25) is 0 Å². The van der Waals surface area contributed by atoms with Gasteiger partial charge in [0.2, 0.25) is 5.82 Å². The van der Waals surface area contributed by atoms with Gasteiger partial charge in [0.25, 0.3) is 5.89 Å². The monoisotopic (exact) mass is 480 g/mol. The van der Waals surface area contributed by atoms with Crippen molar-refractivity contribution in [1.29, 1.82) is 0 Å². The number of aryl methyl sites for hydroxylation is 2. The molecule has 6 heteroatoms. The molecule has 0 aliphatic carbocycles. The number of thiocarbonyl (C=S) groups is 1. The average molecular weight is 481 g/mol. The molecule has 5 nitrogen and oxygen atoms in total. The van der Waals surface area contributed by atoms with Crippen molar-refractivity contribution in [3.63, 3.8) is 0 Å². The summed E-state index contributed by atoms with van der Waals surface area (Å²) in [4.78, 5) is 6.93. The molecule has 0 amide bonds. The molecule has 35 heavy (non-hydrogen) atoms. The Morgan fingerprint density at radius 3 is 2.40 bits per heavy atom. The lowest BCUT2D eigenvalue weighted by Gasteiger charge is -2.37. The van der Waals surface area contributed by atoms with Crippen LogP contribution < -0.4 is 5.32 Å². The Bertz CT molecular complexity index is 1380. The molecule has 1 aliphatic heterocycles. The number of aromatic nitrogens is 2. The van der Waals surface area contributed by atoms with E-state index in [1.807, 2.05) is 30.3 Å². The smallest absolute Gasteiger partial charge is 0.258 e. The zero-order valence-corrected chi connectivity index (χ0v) is 21.0. The molecule has 3 aromatic carbocycles. The van der Waals surface area contributed by atoms with Crippen molar-refractivity contribution in [3.8, 4) is 11.4 Å². The fraction of sp³-hybridized carbons (Fsp3) is 0.207. The van der Waals surface area contributed by atoms with Crippen LogP contribution in [-0.4, -0.2) is 20.2 Å². The summed E-state index contributed by atoms with van der Waals surface area (Å²) < 4.78 is 5.86. The first-order chi connectivity index (χ1) is 17.0. The third-order valence-electron chi connectivity index (χ3n) is 6.43. The molecule has 1 aliphatic rings. The van der Waals surface area contributed by atoms with E-state index in [4.69, 9.17) is 21.7 Å². The minimum absolute atomic E-state index is 0.187. The maximum atomic E-state index is 5.86. The second kappa shape index (κ2) is 9.84. The second-order valence-electron chi connectivity index (χ2n) is 8.84. The molecule has 1 unspecified atom stereocenters. The third kappa shape index (κ3) is 4.75. The van der Waals surface area contributed by atoms with E-state index in [-0.39, 0.29) is 6.04 Å². The molecule has 5 rings (SSSR count). The molecule has 176 valence electrons. The van der Waals surface area contributed by atoms with Crippen molar-refractivity contribution in [1.82, 2.24) is 20.4 Å². The average Bonchev–Trinajstić information content (AvgIpc) is 3.37. The first-order valence-corrected chi connectivity index (χ1v) is 12.3. The van der Waals surface area contributed by atoms with Crippen LogP contribution in [0.4, 0.5) is 0 Å². The van der Waals surface area contributed by atoms with Gasteiger partial charge in [0.15, 0.2) is 5.11 Å². The van der Waals surface area contributed by atoms with E-state index in [1.54, 1.807) is 0 Å². The van der Waals surface area contributed by atoms with E-state index < -0.39 is 0 Å². The lowest BCUT2D eigenvalue weighted by Crippen LogP contribution is -2.45. The van der Waals surface area contributed by atoms with Gasteiger partial charge in [-0.25, -0.2) is 0 Å². The van der Waals surface area contributed by atoms with Gasteiger partial charge >= 0.3 is 0 Å². The highest BCUT2D eigenvalue weighted by Crippen LogP contribution is 2.38. The topological polar surface area (TPSA) is 54.2 Å². The Morgan fingerprint density at radius 2 is 1.69 bits per heavy atom. The second-order valence-corrected chi connectivity index (χ2v) is 9.23. The van der Waals surface area contributed by atoms with Crippen LogP contribution in [0.3, 0.4) is 0 Å². The number of hydrogen-bond acceptors (Lipinski definition) is 4. The van der Waals surface area contributed by atoms with Crippen molar-refractivity contribution in [2.45, 2.75) is 39.8 Å². The number of nitrogens with zero attached hydrogens (tertiary/aromatic N) is 3. The lowest BCUT2D eigenvalue weighted by molar-refractivity contribution is 0.396. The van der Waals surface area contributed by atoms with Crippen LogP contribution in [-0.2, 0) is 13.0 Å². The van der Waals surface area contributed by atoms with E-state index in [1.165, 1.54) is 11.1 Å². The third-order valence-corrected chi connectivity index (χ3v) is 6.77. The minimum Gasteiger partial charge on any atom is -0.351 e. The van der Waals surface area contributed by atoms with Crippen LogP contribution in [0.1, 0.15) is 48.0 Å². The predicted molar refractivity (Wildman–Crippen MR) is 143 cm³/mol. The molecule has 0 radical (unpaired) electrons. The normalized spacial score (nSPS) is 15.9.